The van der Waals surface area contributed by atoms with E-state index in [1.165, 1.54) is 9.13 Å². The largest absolute Gasteiger partial charge is 0.493 e. The van der Waals surface area contributed by atoms with Crippen molar-refractivity contribution < 1.29 is 9.47 Å². The summed E-state index contributed by atoms with van der Waals surface area (Å²) in [5, 5.41) is 0. The molecule has 0 amide bonds. The number of hydrogen-bond acceptors (Lipinski definition) is 6. The van der Waals surface area contributed by atoms with Crippen molar-refractivity contribution in [3.63, 3.8) is 0 Å². The van der Waals surface area contributed by atoms with E-state index >= 15 is 0 Å². The molecule has 27 heavy (non-hydrogen) atoms. The zero-order valence-electron chi connectivity index (χ0n) is 15.2. The number of hydrogen-bond donors (Lipinski definition) is 2. The molecule has 0 fully saturated rings. The first-order valence-corrected chi connectivity index (χ1v) is 8.30. The van der Waals surface area contributed by atoms with E-state index in [0.717, 1.165) is 5.56 Å². The van der Waals surface area contributed by atoms with Gasteiger partial charge in [0.25, 0.3) is 5.56 Å². The van der Waals surface area contributed by atoms with Crippen LogP contribution in [0.2, 0.25) is 0 Å². The average molecular weight is 371 g/mol. The number of nitrogens with zero attached hydrogens (tertiary/aromatic N) is 3. The van der Waals surface area contributed by atoms with E-state index in [0.29, 0.717) is 24.5 Å². The van der Waals surface area contributed by atoms with Crippen LogP contribution in [0.15, 0.2) is 40.4 Å². The minimum absolute atomic E-state index is 0.0388. The molecule has 0 aliphatic carbocycles. The van der Waals surface area contributed by atoms with Crippen LogP contribution in [0.4, 0.5) is 5.95 Å². The molecule has 0 radical (unpaired) electrons. The lowest BCUT2D eigenvalue weighted by molar-refractivity contribution is 0.354. The average Bonchev–Trinajstić information content (AvgIpc) is 2.91. The van der Waals surface area contributed by atoms with E-state index in [4.69, 9.17) is 15.2 Å². The maximum absolute atomic E-state index is 12.8. The Morgan fingerprint density at radius 3 is 2.63 bits per heavy atom. The number of methoxy groups -OCH3 is 2. The van der Waals surface area contributed by atoms with Crippen molar-refractivity contribution in [1.82, 2.24) is 19.1 Å². The number of nitrogen functional groups attached to an aromatic ring is 1. The molecule has 2 heterocycles. The van der Waals surface area contributed by atoms with Crippen molar-refractivity contribution in [2.75, 3.05) is 20.0 Å². The number of nitrogens with two attached hydrogens (primary N) is 1. The summed E-state index contributed by atoms with van der Waals surface area (Å²) in [6.45, 7) is 4.16. The lowest BCUT2D eigenvalue weighted by atomic mass is 10.1. The zero-order chi connectivity index (χ0) is 19.6. The van der Waals surface area contributed by atoms with Gasteiger partial charge in [0.15, 0.2) is 22.7 Å². The van der Waals surface area contributed by atoms with Gasteiger partial charge in [0.05, 0.1) is 14.2 Å². The first-order valence-electron chi connectivity index (χ1n) is 8.30. The molecule has 0 aliphatic heterocycles. The van der Waals surface area contributed by atoms with Gasteiger partial charge in [-0.2, -0.15) is 4.98 Å². The SMILES string of the molecule is C=CCn1c(=O)n(CCc2ccc(OC)c(OC)c2)c2nc(N)[nH]c(=O)c21. The lowest BCUT2D eigenvalue weighted by Crippen LogP contribution is -2.25. The van der Waals surface area contributed by atoms with Gasteiger partial charge in [-0.05, 0) is 24.1 Å². The summed E-state index contributed by atoms with van der Waals surface area (Å²) >= 11 is 0. The third kappa shape index (κ3) is 3.31. The number of allylic oxidation sites excluding steroid dienone is 1. The van der Waals surface area contributed by atoms with Gasteiger partial charge in [-0.15, -0.1) is 6.58 Å². The quantitative estimate of drug-likeness (QED) is 0.596. The summed E-state index contributed by atoms with van der Waals surface area (Å²) in [6, 6.07) is 5.55. The fourth-order valence-corrected chi connectivity index (χ4v) is 3.01. The number of anilines is 1. The van der Waals surface area contributed by atoms with Crippen LogP contribution in [0.3, 0.4) is 0 Å². The van der Waals surface area contributed by atoms with Crippen molar-refractivity contribution in [3.05, 3.63) is 57.3 Å². The minimum atomic E-state index is -0.457. The second-order valence-electron chi connectivity index (χ2n) is 5.90. The summed E-state index contributed by atoms with van der Waals surface area (Å²) in [5.41, 5.74) is 6.25. The monoisotopic (exact) mass is 371 g/mol. The molecule has 9 nitrogen and oxygen atoms in total. The van der Waals surface area contributed by atoms with Gasteiger partial charge in [0.1, 0.15) is 0 Å². The highest BCUT2D eigenvalue weighted by atomic mass is 16.5. The molecule has 3 aromatic rings. The van der Waals surface area contributed by atoms with Crippen LogP contribution >= 0.6 is 0 Å². The van der Waals surface area contributed by atoms with Crippen LogP contribution in [-0.2, 0) is 19.5 Å². The lowest BCUT2D eigenvalue weighted by Gasteiger charge is -2.10. The molecular formula is C18H21N5O4. The molecule has 0 bridgehead atoms. The topological polar surface area (TPSA) is 117 Å². The molecule has 1 aromatic carbocycles. The number of H-pyrrole nitrogens is 1. The second kappa shape index (κ2) is 7.40. The fourth-order valence-electron chi connectivity index (χ4n) is 3.01. The van der Waals surface area contributed by atoms with Gasteiger partial charge in [0.2, 0.25) is 5.95 Å². The number of aryl methyl sites for hydroxylation is 2. The van der Waals surface area contributed by atoms with Crippen LogP contribution in [0, 0.1) is 0 Å². The Bertz CT molecular complexity index is 1110. The highest BCUT2D eigenvalue weighted by Crippen LogP contribution is 2.27. The molecule has 142 valence electrons. The fraction of sp³-hybridized carbons (Fsp3) is 0.278. The van der Waals surface area contributed by atoms with Gasteiger partial charge < -0.3 is 15.2 Å². The summed E-state index contributed by atoms with van der Waals surface area (Å²) in [7, 11) is 3.13. The van der Waals surface area contributed by atoms with Crippen molar-refractivity contribution in [2.45, 2.75) is 19.5 Å². The summed E-state index contributed by atoms with van der Waals surface area (Å²) < 4.78 is 13.3. The van der Waals surface area contributed by atoms with E-state index < -0.39 is 5.56 Å². The third-order valence-corrected chi connectivity index (χ3v) is 4.27. The second-order valence-corrected chi connectivity index (χ2v) is 5.90. The molecule has 2 aromatic heterocycles. The molecule has 0 spiro atoms. The Morgan fingerprint density at radius 1 is 1.22 bits per heavy atom. The number of imidazole rings is 1. The molecular weight excluding hydrogens is 350 g/mol. The number of benzene rings is 1. The van der Waals surface area contributed by atoms with Crippen molar-refractivity contribution >= 4 is 17.1 Å². The Balaban J connectivity index is 2.03. The number of aromatic nitrogens is 4. The van der Waals surface area contributed by atoms with Crippen molar-refractivity contribution in [3.8, 4) is 11.5 Å². The standard InChI is InChI=1S/C18H21N5O4/c1-4-8-22-14-15(20-17(19)21-16(14)24)23(18(22)25)9-7-11-5-6-12(26-2)13(10-11)27-3/h4-6,10H,1,7-9H2,2-3H3,(H3,19,20,21,24). The molecule has 0 saturated carbocycles. The predicted molar refractivity (Wildman–Crippen MR) is 102 cm³/mol. The summed E-state index contributed by atoms with van der Waals surface area (Å²) in [6.07, 6.45) is 2.08. The number of nitrogens with one attached hydrogen (secondary N) is 1. The van der Waals surface area contributed by atoms with Gasteiger partial charge in [-0.25, -0.2) is 4.79 Å². The minimum Gasteiger partial charge on any atom is -0.493 e. The molecule has 0 atom stereocenters. The Labute approximate surface area is 154 Å². The third-order valence-electron chi connectivity index (χ3n) is 4.27. The highest BCUT2D eigenvalue weighted by Gasteiger charge is 2.17. The van der Waals surface area contributed by atoms with Crippen LogP contribution in [-0.4, -0.2) is 33.3 Å². The maximum atomic E-state index is 12.8. The van der Waals surface area contributed by atoms with Crippen LogP contribution in [0.25, 0.3) is 11.2 Å². The first-order chi connectivity index (χ1) is 13.0. The number of fused-ring (bicyclic) bond motifs is 1. The molecule has 0 aliphatic rings. The van der Waals surface area contributed by atoms with Crippen molar-refractivity contribution in [1.29, 1.82) is 0 Å². The summed E-state index contributed by atoms with van der Waals surface area (Å²) in [4.78, 5) is 31.6. The van der Waals surface area contributed by atoms with E-state index in [-0.39, 0.29) is 29.3 Å². The zero-order valence-corrected chi connectivity index (χ0v) is 15.2. The van der Waals surface area contributed by atoms with Gasteiger partial charge in [-0.3, -0.25) is 18.9 Å². The van der Waals surface area contributed by atoms with Crippen LogP contribution < -0.4 is 26.5 Å². The van der Waals surface area contributed by atoms with Gasteiger partial charge in [-0.1, -0.05) is 12.1 Å². The smallest absolute Gasteiger partial charge is 0.330 e. The van der Waals surface area contributed by atoms with Gasteiger partial charge in [0, 0.05) is 13.1 Å². The molecule has 0 saturated heterocycles. The maximum Gasteiger partial charge on any atom is 0.330 e. The molecule has 9 heteroatoms. The number of rotatable bonds is 7. The van der Waals surface area contributed by atoms with E-state index in [1.54, 1.807) is 26.4 Å². The summed E-state index contributed by atoms with van der Waals surface area (Å²) in [5.74, 6) is 1.19. The number of ether oxygens (including phenoxy) is 2. The highest BCUT2D eigenvalue weighted by molar-refractivity contribution is 5.71. The molecule has 0 unspecified atom stereocenters. The molecule has 3 rings (SSSR count). The Hall–Kier alpha value is -3.49. The first kappa shape index (κ1) is 18.3. The van der Waals surface area contributed by atoms with Gasteiger partial charge >= 0.3 is 5.69 Å². The van der Waals surface area contributed by atoms with Crippen molar-refractivity contribution in [2.24, 2.45) is 0 Å². The predicted octanol–water partition coefficient (Wildman–Crippen LogP) is 0.914. The molecule has 3 N–H and O–H groups in total. The van der Waals surface area contributed by atoms with E-state index in [1.807, 2.05) is 12.1 Å². The Morgan fingerprint density at radius 2 is 1.96 bits per heavy atom. The normalized spacial score (nSPS) is 10.9. The Kier molecular flexibility index (Phi) is 5.02. The van der Waals surface area contributed by atoms with E-state index in [2.05, 4.69) is 16.5 Å². The van der Waals surface area contributed by atoms with Crippen LogP contribution in [0.1, 0.15) is 5.56 Å². The number of aromatic amines is 1. The van der Waals surface area contributed by atoms with E-state index in [9.17, 15) is 9.59 Å². The van der Waals surface area contributed by atoms with Crippen LogP contribution in [0.5, 0.6) is 11.5 Å².